The number of ether oxygens (including phenoxy) is 1. The smallest absolute Gasteiger partial charge is 0.489 e. The SMILES string of the molecule is Cc1cc(COc2ccc(C(=O)N[C@@H]3CN(C(C)C)CC[C@@H]3c3nc(=S)[nH][nH]3)cc2)c2ccccc2n1.O=C(O)C(F)(F)F. The zero-order valence-electron chi connectivity index (χ0n) is 24.3. The molecule has 44 heavy (non-hydrogen) atoms. The van der Waals surface area contributed by atoms with Gasteiger partial charge in [0.2, 0.25) is 4.77 Å². The highest BCUT2D eigenvalue weighted by Crippen LogP contribution is 2.28. The minimum atomic E-state index is -5.08. The number of hydrogen-bond acceptors (Lipinski definition) is 7. The van der Waals surface area contributed by atoms with Gasteiger partial charge in [-0.25, -0.2) is 9.78 Å². The molecule has 1 aliphatic heterocycles. The number of fused-ring (bicyclic) bond motifs is 1. The van der Waals surface area contributed by atoms with Gasteiger partial charge in [-0.15, -0.1) is 0 Å². The van der Waals surface area contributed by atoms with Crippen LogP contribution in [-0.4, -0.2) is 73.4 Å². The number of carboxylic acid groups (broad SMARTS) is 1. The van der Waals surface area contributed by atoms with Crippen molar-refractivity contribution < 1.29 is 32.6 Å². The number of aliphatic carboxylic acids is 1. The van der Waals surface area contributed by atoms with Crippen molar-refractivity contribution in [3.63, 3.8) is 0 Å². The van der Waals surface area contributed by atoms with Gasteiger partial charge in [0.25, 0.3) is 5.91 Å². The molecule has 0 bridgehead atoms. The molecule has 3 heterocycles. The van der Waals surface area contributed by atoms with Gasteiger partial charge in [0, 0.05) is 40.7 Å². The maximum Gasteiger partial charge on any atom is 0.490 e. The summed E-state index contributed by atoms with van der Waals surface area (Å²) >= 11 is 5.15. The van der Waals surface area contributed by atoms with E-state index in [1.54, 1.807) is 12.1 Å². The number of halogens is 3. The summed E-state index contributed by atoms with van der Waals surface area (Å²) in [6.45, 7) is 8.46. The zero-order chi connectivity index (χ0) is 32.0. The van der Waals surface area contributed by atoms with E-state index in [4.69, 9.17) is 26.9 Å². The van der Waals surface area contributed by atoms with Crippen LogP contribution >= 0.6 is 12.2 Å². The van der Waals surface area contributed by atoms with E-state index in [1.807, 2.05) is 37.3 Å². The molecule has 1 fully saturated rings. The number of rotatable bonds is 7. The van der Waals surface area contributed by atoms with Crippen molar-refractivity contribution in [1.82, 2.24) is 30.4 Å². The fourth-order valence-corrected chi connectivity index (χ4v) is 5.16. The number of aryl methyl sites for hydroxylation is 1. The molecule has 14 heteroatoms. The van der Waals surface area contributed by atoms with Gasteiger partial charge in [-0.05, 0) is 82.4 Å². The molecule has 1 amide bonds. The van der Waals surface area contributed by atoms with E-state index >= 15 is 0 Å². The Bertz CT molecular complexity index is 1660. The standard InChI is InChI=1S/C28H32N6O2S.C2HF3O2/c1-17(2)34-13-12-23(26-31-28(37)33-32-26)25(15-34)30-27(35)19-8-10-21(11-9-19)36-16-20-14-18(3)29-24-7-5-4-6-22(20)24;3-2(4,5)1(6)7/h4-11,14,17,23,25H,12-13,15-16H2,1-3H3,(H,30,35)(H2,31,32,33,37);(H,6,7)/t23-,25+;/m0./s1. The maximum atomic E-state index is 13.2. The predicted octanol–water partition coefficient (Wildman–Crippen LogP) is 5.53. The molecule has 5 rings (SSSR count). The first kappa shape index (κ1) is 32.6. The van der Waals surface area contributed by atoms with E-state index in [1.165, 1.54) is 0 Å². The number of carbonyl (C=O) groups excluding carboxylic acids is 1. The van der Waals surface area contributed by atoms with E-state index in [0.29, 0.717) is 28.7 Å². The topological polar surface area (TPSA) is 136 Å². The second-order valence-electron chi connectivity index (χ2n) is 10.7. The molecule has 2 aromatic heterocycles. The van der Waals surface area contributed by atoms with Gasteiger partial charge in [0.15, 0.2) is 0 Å². The van der Waals surface area contributed by atoms with Crippen molar-refractivity contribution in [2.75, 3.05) is 13.1 Å². The molecule has 0 aliphatic carbocycles. The van der Waals surface area contributed by atoms with Crippen molar-refractivity contribution in [2.45, 2.75) is 58.0 Å². The first-order chi connectivity index (χ1) is 20.8. The predicted molar refractivity (Wildman–Crippen MR) is 160 cm³/mol. The quantitative estimate of drug-likeness (QED) is 0.196. The second kappa shape index (κ2) is 14.0. The summed E-state index contributed by atoms with van der Waals surface area (Å²) in [7, 11) is 0. The summed E-state index contributed by atoms with van der Waals surface area (Å²) in [6, 6.07) is 17.7. The molecule has 1 saturated heterocycles. The Labute approximate surface area is 256 Å². The van der Waals surface area contributed by atoms with Crippen LogP contribution in [0.1, 0.15) is 53.6 Å². The van der Waals surface area contributed by atoms with Crippen LogP contribution in [0.2, 0.25) is 0 Å². The number of nitrogens with zero attached hydrogens (tertiary/aromatic N) is 3. The van der Waals surface area contributed by atoms with Gasteiger partial charge in [-0.2, -0.15) is 13.2 Å². The summed E-state index contributed by atoms with van der Waals surface area (Å²) in [6.07, 6.45) is -4.20. The molecular weight excluding hydrogens is 597 g/mol. The molecule has 1 aliphatic rings. The van der Waals surface area contributed by atoms with E-state index in [9.17, 15) is 18.0 Å². The summed E-state index contributed by atoms with van der Waals surface area (Å²) in [5.41, 5.74) is 3.59. The van der Waals surface area contributed by atoms with Crippen LogP contribution in [-0.2, 0) is 11.4 Å². The van der Waals surface area contributed by atoms with Crippen LogP contribution in [0.4, 0.5) is 13.2 Å². The molecule has 10 nitrogen and oxygen atoms in total. The molecule has 234 valence electrons. The number of hydrogen-bond donors (Lipinski definition) is 4. The highest BCUT2D eigenvalue weighted by Gasteiger charge is 2.38. The highest BCUT2D eigenvalue weighted by molar-refractivity contribution is 7.71. The Morgan fingerprint density at radius 2 is 1.82 bits per heavy atom. The summed E-state index contributed by atoms with van der Waals surface area (Å²) in [5, 5.41) is 17.4. The number of aromatic nitrogens is 4. The normalized spacial score (nSPS) is 17.2. The monoisotopic (exact) mass is 630 g/mol. The van der Waals surface area contributed by atoms with Gasteiger partial charge < -0.3 is 15.2 Å². The molecule has 4 N–H and O–H groups in total. The number of pyridine rings is 1. The van der Waals surface area contributed by atoms with Crippen LogP contribution < -0.4 is 10.1 Å². The van der Waals surface area contributed by atoms with Crippen LogP contribution in [0.3, 0.4) is 0 Å². The number of para-hydroxylation sites is 1. The minimum absolute atomic E-state index is 0.0631. The number of carboxylic acids is 1. The first-order valence-electron chi connectivity index (χ1n) is 13.9. The van der Waals surface area contributed by atoms with Gasteiger partial charge >= 0.3 is 12.1 Å². The summed E-state index contributed by atoms with van der Waals surface area (Å²) in [4.78, 5) is 33.5. The van der Waals surface area contributed by atoms with Crippen molar-refractivity contribution in [3.8, 4) is 5.75 Å². The van der Waals surface area contributed by atoms with Crippen molar-refractivity contribution in [1.29, 1.82) is 0 Å². The lowest BCUT2D eigenvalue weighted by Gasteiger charge is -2.40. The van der Waals surface area contributed by atoms with Crippen molar-refractivity contribution >= 4 is 35.0 Å². The van der Waals surface area contributed by atoms with Crippen molar-refractivity contribution in [2.24, 2.45) is 0 Å². The lowest BCUT2D eigenvalue weighted by molar-refractivity contribution is -0.192. The average Bonchev–Trinajstić information content (AvgIpc) is 3.41. The lowest BCUT2D eigenvalue weighted by Crippen LogP contribution is -2.53. The van der Waals surface area contributed by atoms with Crippen LogP contribution in [0.5, 0.6) is 5.75 Å². The number of benzene rings is 2. The number of carbonyl (C=O) groups is 2. The third-order valence-corrected chi connectivity index (χ3v) is 7.44. The fourth-order valence-electron chi connectivity index (χ4n) is 5.01. The number of piperidine rings is 1. The van der Waals surface area contributed by atoms with Gasteiger partial charge in [0.1, 0.15) is 18.2 Å². The largest absolute Gasteiger partial charge is 0.490 e. The third-order valence-electron chi connectivity index (χ3n) is 7.24. The van der Waals surface area contributed by atoms with Gasteiger partial charge in [-0.1, -0.05) is 18.2 Å². The molecule has 2 atom stereocenters. The average molecular weight is 631 g/mol. The van der Waals surface area contributed by atoms with Gasteiger partial charge in [-0.3, -0.25) is 24.9 Å². The number of likely N-dealkylation sites (tertiary alicyclic amines) is 1. The van der Waals surface area contributed by atoms with Crippen molar-refractivity contribution in [3.05, 3.63) is 82.0 Å². The second-order valence-corrected chi connectivity index (χ2v) is 11.1. The summed E-state index contributed by atoms with van der Waals surface area (Å²) < 4.78 is 38.2. The number of aromatic amines is 2. The van der Waals surface area contributed by atoms with Gasteiger partial charge in [0.05, 0.1) is 11.6 Å². The molecule has 2 aromatic carbocycles. The summed E-state index contributed by atoms with van der Waals surface area (Å²) in [5.74, 6) is -1.31. The molecule has 0 saturated carbocycles. The number of alkyl halides is 3. The van der Waals surface area contributed by atoms with E-state index < -0.39 is 12.1 Å². The Morgan fingerprint density at radius 1 is 1.14 bits per heavy atom. The molecule has 4 aromatic rings. The Hall–Kier alpha value is -4.30. The first-order valence-corrected chi connectivity index (χ1v) is 14.3. The Kier molecular flexibility index (Phi) is 10.4. The molecule has 0 radical (unpaired) electrons. The Balaban J connectivity index is 0.000000566. The maximum absolute atomic E-state index is 13.2. The molecular formula is C30H33F3N6O4S. The third kappa shape index (κ3) is 8.41. The van der Waals surface area contributed by atoms with E-state index in [-0.39, 0.29) is 17.9 Å². The van der Waals surface area contributed by atoms with E-state index in [0.717, 1.165) is 47.5 Å². The number of nitrogens with one attached hydrogen (secondary N) is 3. The zero-order valence-corrected chi connectivity index (χ0v) is 25.1. The van der Waals surface area contributed by atoms with E-state index in [2.05, 4.69) is 56.4 Å². The van der Waals surface area contributed by atoms with Crippen LogP contribution in [0.25, 0.3) is 10.9 Å². The van der Waals surface area contributed by atoms with Crippen LogP contribution in [0.15, 0.2) is 54.6 Å². The lowest BCUT2D eigenvalue weighted by atomic mass is 9.90. The number of amides is 1. The molecule has 0 unspecified atom stereocenters. The minimum Gasteiger partial charge on any atom is -0.489 e. The highest BCUT2D eigenvalue weighted by atomic mass is 32.1. The number of H-pyrrole nitrogens is 2. The molecule has 0 spiro atoms. The Morgan fingerprint density at radius 3 is 2.43 bits per heavy atom. The van der Waals surface area contributed by atoms with Crippen LogP contribution in [0, 0.1) is 11.7 Å². The fraction of sp³-hybridized carbons (Fsp3) is 0.367.